The second-order valence-corrected chi connectivity index (χ2v) is 5.25. The third-order valence-electron chi connectivity index (χ3n) is 3.23. The predicted octanol–water partition coefficient (Wildman–Crippen LogP) is 3.51. The van der Waals surface area contributed by atoms with Crippen molar-refractivity contribution in [2.45, 2.75) is 59.0 Å². The summed E-state index contributed by atoms with van der Waals surface area (Å²) in [5.74, 6) is 0.192. The van der Waals surface area contributed by atoms with Crippen LogP contribution in [0.2, 0.25) is 0 Å². The van der Waals surface area contributed by atoms with Crippen LogP contribution in [0.15, 0.2) is 12.2 Å². The largest absolute Gasteiger partial charge is 0.377 e. The molecule has 0 heterocycles. The molecule has 0 spiro atoms. The monoisotopic (exact) mass is 224 g/mol. The van der Waals surface area contributed by atoms with Gasteiger partial charge < -0.3 is 4.74 Å². The Kier molecular flexibility index (Phi) is 5.20. The van der Waals surface area contributed by atoms with Gasteiger partial charge in [-0.15, -0.1) is 0 Å². The number of unbranched alkanes of at least 4 members (excludes halogenated alkanes) is 3. The molecule has 0 N–H and O–H groups in total. The van der Waals surface area contributed by atoms with E-state index >= 15 is 0 Å². The molecule has 0 saturated heterocycles. The van der Waals surface area contributed by atoms with E-state index in [0.29, 0.717) is 6.42 Å². The van der Waals surface area contributed by atoms with Crippen molar-refractivity contribution in [3.63, 3.8) is 0 Å². The highest BCUT2D eigenvalue weighted by Gasteiger charge is 2.32. The Labute approximate surface area is 99.1 Å². The summed E-state index contributed by atoms with van der Waals surface area (Å²) >= 11 is 0. The number of allylic oxidation sites excluding steroid dienone is 1. The molecular formula is C14H24O2. The fraction of sp³-hybridized carbons (Fsp3) is 0.786. The SMILES string of the molecule is CCCCCCOC1CC(=O)C=CC1(C)C. The van der Waals surface area contributed by atoms with Crippen LogP contribution >= 0.6 is 0 Å². The fourth-order valence-corrected chi connectivity index (χ4v) is 1.96. The summed E-state index contributed by atoms with van der Waals surface area (Å²) < 4.78 is 5.84. The maximum atomic E-state index is 11.3. The molecule has 0 radical (unpaired) electrons. The van der Waals surface area contributed by atoms with Crippen molar-refractivity contribution < 1.29 is 9.53 Å². The molecule has 1 rings (SSSR count). The van der Waals surface area contributed by atoms with Crippen LogP contribution in [0.3, 0.4) is 0 Å². The maximum Gasteiger partial charge on any atom is 0.158 e. The normalized spacial score (nSPS) is 23.7. The van der Waals surface area contributed by atoms with Gasteiger partial charge >= 0.3 is 0 Å². The van der Waals surface area contributed by atoms with E-state index in [2.05, 4.69) is 20.8 Å². The van der Waals surface area contributed by atoms with E-state index in [-0.39, 0.29) is 17.3 Å². The molecule has 92 valence electrons. The van der Waals surface area contributed by atoms with E-state index in [1.54, 1.807) is 6.08 Å². The van der Waals surface area contributed by atoms with Gasteiger partial charge in [-0.1, -0.05) is 46.1 Å². The van der Waals surface area contributed by atoms with Crippen LogP contribution in [0.5, 0.6) is 0 Å². The molecular weight excluding hydrogens is 200 g/mol. The van der Waals surface area contributed by atoms with Crippen molar-refractivity contribution in [1.29, 1.82) is 0 Å². The Balaban J connectivity index is 2.30. The summed E-state index contributed by atoms with van der Waals surface area (Å²) in [6, 6.07) is 0. The summed E-state index contributed by atoms with van der Waals surface area (Å²) in [6.07, 6.45) is 9.13. The maximum absolute atomic E-state index is 11.3. The topological polar surface area (TPSA) is 26.3 Å². The highest BCUT2D eigenvalue weighted by atomic mass is 16.5. The van der Waals surface area contributed by atoms with E-state index in [9.17, 15) is 4.79 Å². The molecule has 0 saturated carbocycles. The second-order valence-electron chi connectivity index (χ2n) is 5.25. The number of hydrogen-bond acceptors (Lipinski definition) is 2. The Hall–Kier alpha value is -0.630. The third-order valence-corrected chi connectivity index (χ3v) is 3.23. The molecule has 0 fully saturated rings. The molecule has 0 aromatic rings. The van der Waals surface area contributed by atoms with Gasteiger partial charge in [-0.25, -0.2) is 0 Å². The zero-order valence-electron chi connectivity index (χ0n) is 10.8. The van der Waals surface area contributed by atoms with E-state index < -0.39 is 0 Å². The number of carbonyl (C=O) groups is 1. The highest BCUT2D eigenvalue weighted by Crippen LogP contribution is 2.31. The zero-order valence-corrected chi connectivity index (χ0v) is 10.8. The van der Waals surface area contributed by atoms with Crippen molar-refractivity contribution in [2.75, 3.05) is 6.61 Å². The smallest absolute Gasteiger partial charge is 0.158 e. The van der Waals surface area contributed by atoms with Crippen molar-refractivity contribution in [3.8, 4) is 0 Å². The minimum absolute atomic E-state index is 0.00132. The van der Waals surface area contributed by atoms with Crippen LogP contribution in [0.4, 0.5) is 0 Å². The molecule has 0 amide bonds. The van der Waals surface area contributed by atoms with Crippen molar-refractivity contribution in [2.24, 2.45) is 5.41 Å². The standard InChI is InChI=1S/C14H24O2/c1-4-5-6-7-10-16-13-11-12(15)8-9-14(13,2)3/h8-9,13H,4-7,10-11H2,1-3H3. The molecule has 16 heavy (non-hydrogen) atoms. The fourth-order valence-electron chi connectivity index (χ4n) is 1.96. The van der Waals surface area contributed by atoms with Crippen LogP contribution in [0, 0.1) is 5.41 Å². The van der Waals surface area contributed by atoms with Gasteiger partial charge in [0.25, 0.3) is 0 Å². The van der Waals surface area contributed by atoms with E-state index in [4.69, 9.17) is 4.74 Å². The molecule has 1 aliphatic carbocycles. The molecule has 0 aromatic carbocycles. The number of hydrogen-bond donors (Lipinski definition) is 0. The van der Waals surface area contributed by atoms with Gasteiger partial charge in [0.15, 0.2) is 5.78 Å². The number of ketones is 1. The first kappa shape index (κ1) is 13.4. The Bertz CT molecular complexity index is 253. The lowest BCUT2D eigenvalue weighted by molar-refractivity contribution is -0.121. The van der Waals surface area contributed by atoms with Gasteiger partial charge in [0.2, 0.25) is 0 Å². The lowest BCUT2D eigenvalue weighted by Gasteiger charge is -2.33. The average molecular weight is 224 g/mol. The molecule has 2 heteroatoms. The summed E-state index contributed by atoms with van der Waals surface area (Å²) in [4.78, 5) is 11.3. The van der Waals surface area contributed by atoms with Crippen LogP contribution in [0.1, 0.15) is 52.9 Å². The first-order chi connectivity index (χ1) is 7.56. The van der Waals surface area contributed by atoms with Crippen LogP contribution in [0.25, 0.3) is 0 Å². The van der Waals surface area contributed by atoms with Gasteiger partial charge in [0.05, 0.1) is 6.10 Å². The lowest BCUT2D eigenvalue weighted by Crippen LogP contribution is -2.35. The van der Waals surface area contributed by atoms with Gasteiger partial charge in [-0.05, 0) is 12.5 Å². The van der Waals surface area contributed by atoms with Crippen LogP contribution < -0.4 is 0 Å². The zero-order chi connectivity index (χ0) is 12.0. The Morgan fingerprint density at radius 3 is 2.81 bits per heavy atom. The molecule has 0 aliphatic heterocycles. The quantitative estimate of drug-likeness (QED) is 0.645. The summed E-state index contributed by atoms with van der Waals surface area (Å²) in [5, 5.41) is 0. The minimum atomic E-state index is -0.00132. The Morgan fingerprint density at radius 2 is 2.12 bits per heavy atom. The Morgan fingerprint density at radius 1 is 1.38 bits per heavy atom. The lowest BCUT2D eigenvalue weighted by atomic mass is 9.79. The number of carbonyl (C=O) groups excluding carboxylic acids is 1. The van der Waals surface area contributed by atoms with E-state index in [1.165, 1.54) is 19.3 Å². The molecule has 0 aromatic heterocycles. The van der Waals surface area contributed by atoms with Crippen molar-refractivity contribution in [3.05, 3.63) is 12.2 Å². The van der Waals surface area contributed by atoms with Gasteiger partial charge in [0, 0.05) is 18.4 Å². The number of ether oxygens (including phenoxy) is 1. The van der Waals surface area contributed by atoms with Crippen LogP contribution in [-0.4, -0.2) is 18.5 Å². The predicted molar refractivity (Wildman–Crippen MR) is 66.4 cm³/mol. The van der Waals surface area contributed by atoms with Gasteiger partial charge in [-0.3, -0.25) is 4.79 Å². The van der Waals surface area contributed by atoms with Crippen LogP contribution in [-0.2, 0) is 9.53 Å². The molecule has 1 unspecified atom stereocenters. The summed E-state index contributed by atoms with van der Waals surface area (Å²) in [7, 11) is 0. The summed E-state index contributed by atoms with van der Waals surface area (Å²) in [6.45, 7) is 7.25. The van der Waals surface area contributed by atoms with Gasteiger partial charge in [-0.2, -0.15) is 0 Å². The first-order valence-electron chi connectivity index (χ1n) is 6.40. The van der Waals surface area contributed by atoms with Crippen molar-refractivity contribution >= 4 is 5.78 Å². The molecule has 1 aliphatic rings. The average Bonchev–Trinajstić information content (AvgIpc) is 2.23. The summed E-state index contributed by atoms with van der Waals surface area (Å²) in [5.41, 5.74) is -0.00132. The number of rotatable bonds is 6. The third kappa shape index (κ3) is 4.09. The minimum Gasteiger partial charge on any atom is -0.377 e. The van der Waals surface area contributed by atoms with Crippen molar-refractivity contribution in [1.82, 2.24) is 0 Å². The van der Waals surface area contributed by atoms with E-state index in [0.717, 1.165) is 13.0 Å². The van der Waals surface area contributed by atoms with E-state index in [1.807, 2.05) is 6.08 Å². The molecule has 1 atom stereocenters. The molecule has 0 bridgehead atoms. The molecule has 2 nitrogen and oxygen atoms in total. The highest BCUT2D eigenvalue weighted by molar-refractivity contribution is 5.91. The second kappa shape index (κ2) is 6.19. The van der Waals surface area contributed by atoms with Gasteiger partial charge in [0.1, 0.15) is 0 Å². The first-order valence-corrected chi connectivity index (χ1v) is 6.40.